The summed E-state index contributed by atoms with van der Waals surface area (Å²) in [6.45, 7) is 1.87. The van der Waals surface area contributed by atoms with Crippen LogP contribution < -0.4 is 5.32 Å². The number of nitro groups is 1. The zero-order valence-electron chi connectivity index (χ0n) is 9.25. The first kappa shape index (κ1) is 11.1. The van der Waals surface area contributed by atoms with E-state index in [-0.39, 0.29) is 5.69 Å². The number of rotatable bonds is 3. The number of para-hydroxylation sites is 2. The van der Waals surface area contributed by atoms with E-state index in [2.05, 4.69) is 10.3 Å². The van der Waals surface area contributed by atoms with Gasteiger partial charge in [-0.1, -0.05) is 12.1 Å². The maximum Gasteiger partial charge on any atom is 0.292 e. The fraction of sp³-hybridized carbons (Fsp3) is 0.0833. The summed E-state index contributed by atoms with van der Waals surface area (Å²) >= 11 is 0. The summed E-state index contributed by atoms with van der Waals surface area (Å²) in [6, 6.07) is 10.1. The van der Waals surface area contributed by atoms with Crippen LogP contribution in [0, 0.1) is 17.0 Å². The minimum atomic E-state index is -0.406. The molecule has 0 fully saturated rings. The summed E-state index contributed by atoms with van der Waals surface area (Å²) < 4.78 is 0. The average Bonchev–Trinajstić information content (AvgIpc) is 2.29. The van der Waals surface area contributed by atoms with Crippen molar-refractivity contribution in [3.05, 3.63) is 58.4 Å². The van der Waals surface area contributed by atoms with Gasteiger partial charge in [-0.05, 0) is 25.1 Å². The van der Waals surface area contributed by atoms with Crippen LogP contribution in [-0.2, 0) is 0 Å². The first-order chi connectivity index (χ1) is 8.16. The SMILES string of the molecule is Cc1cc(Nc2ccccc2[N+](=O)[O-])ccn1. The number of hydrogen-bond donors (Lipinski definition) is 1. The smallest absolute Gasteiger partial charge is 0.292 e. The fourth-order valence-electron chi connectivity index (χ4n) is 1.52. The Bertz CT molecular complexity index is 555. The zero-order valence-corrected chi connectivity index (χ0v) is 9.25. The molecule has 17 heavy (non-hydrogen) atoms. The van der Waals surface area contributed by atoms with Gasteiger partial charge >= 0.3 is 0 Å². The number of nitrogens with zero attached hydrogens (tertiary/aromatic N) is 2. The number of aromatic nitrogens is 1. The van der Waals surface area contributed by atoms with Gasteiger partial charge in [-0.2, -0.15) is 0 Å². The molecule has 0 aliphatic heterocycles. The van der Waals surface area contributed by atoms with Crippen molar-refractivity contribution < 1.29 is 4.92 Å². The van der Waals surface area contributed by atoms with Crippen LogP contribution in [0.5, 0.6) is 0 Å². The monoisotopic (exact) mass is 229 g/mol. The lowest BCUT2D eigenvalue weighted by molar-refractivity contribution is -0.383. The predicted octanol–water partition coefficient (Wildman–Crippen LogP) is 3.04. The minimum Gasteiger partial charge on any atom is -0.350 e. The quantitative estimate of drug-likeness (QED) is 0.648. The lowest BCUT2D eigenvalue weighted by atomic mass is 10.2. The highest BCUT2D eigenvalue weighted by atomic mass is 16.6. The van der Waals surface area contributed by atoms with Gasteiger partial charge in [0.05, 0.1) is 4.92 Å². The van der Waals surface area contributed by atoms with E-state index in [1.165, 1.54) is 6.07 Å². The molecule has 2 aromatic rings. The second-order valence-electron chi connectivity index (χ2n) is 3.59. The molecule has 0 bridgehead atoms. The number of anilines is 2. The van der Waals surface area contributed by atoms with Crippen molar-refractivity contribution in [2.45, 2.75) is 6.92 Å². The maximum absolute atomic E-state index is 10.8. The van der Waals surface area contributed by atoms with Crippen LogP contribution in [0.4, 0.5) is 17.1 Å². The molecule has 0 unspecified atom stereocenters. The van der Waals surface area contributed by atoms with Gasteiger partial charge in [-0.3, -0.25) is 15.1 Å². The van der Waals surface area contributed by atoms with Crippen LogP contribution in [0.3, 0.4) is 0 Å². The molecule has 1 aromatic heterocycles. The van der Waals surface area contributed by atoms with Gasteiger partial charge in [0.25, 0.3) is 5.69 Å². The second kappa shape index (κ2) is 4.61. The summed E-state index contributed by atoms with van der Waals surface area (Å²) in [5, 5.41) is 13.8. The number of benzene rings is 1. The first-order valence-electron chi connectivity index (χ1n) is 5.10. The third-order valence-electron chi connectivity index (χ3n) is 2.28. The third-order valence-corrected chi connectivity index (χ3v) is 2.28. The highest BCUT2D eigenvalue weighted by Crippen LogP contribution is 2.26. The van der Waals surface area contributed by atoms with Crippen molar-refractivity contribution in [1.29, 1.82) is 0 Å². The average molecular weight is 229 g/mol. The summed E-state index contributed by atoms with van der Waals surface area (Å²) in [6.07, 6.45) is 1.66. The molecule has 5 heteroatoms. The molecule has 1 heterocycles. The lowest BCUT2D eigenvalue weighted by Gasteiger charge is -2.06. The number of aryl methyl sites for hydroxylation is 1. The van der Waals surface area contributed by atoms with E-state index in [1.54, 1.807) is 30.5 Å². The van der Waals surface area contributed by atoms with E-state index >= 15 is 0 Å². The van der Waals surface area contributed by atoms with Crippen LogP contribution in [0.25, 0.3) is 0 Å². The Morgan fingerprint density at radius 1 is 1.29 bits per heavy atom. The molecule has 1 N–H and O–H groups in total. The van der Waals surface area contributed by atoms with Gasteiger partial charge in [0.2, 0.25) is 0 Å². The predicted molar refractivity (Wildman–Crippen MR) is 65.4 cm³/mol. The van der Waals surface area contributed by atoms with Crippen LogP contribution in [-0.4, -0.2) is 9.91 Å². The third kappa shape index (κ3) is 2.57. The van der Waals surface area contributed by atoms with E-state index in [1.807, 2.05) is 13.0 Å². The fourth-order valence-corrected chi connectivity index (χ4v) is 1.52. The summed E-state index contributed by atoms with van der Waals surface area (Å²) in [4.78, 5) is 14.5. The first-order valence-corrected chi connectivity index (χ1v) is 5.10. The Morgan fingerprint density at radius 2 is 2.06 bits per heavy atom. The standard InChI is InChI=1S/C12H11N3O2/c1-9-8-10(6-7-13-9)14-11-4-2-3-5-12(11)15(16)17/h2-8H,1H3,(H,13,14). The van der Waals surface area contributed by atoms with Crippen molar-refractivity contribution in [2.24, 2.45) is 0 Å². The second-order valence-corrected chi connectivity index (χ2v) is 3.59. The van der Waals surface area contributed by atoms with E-state index in [0.29, 0.717) is 5.69 Å². The van der Waals surface area contributed by atoms with E-state index < -0.39 is 4.92 Å². The molecule has 2 rings (SSSR count). The Balaban J connectivity index is 2.33. The van der Waals surface area contributed by atoms with Gasteiger partial charge in [-0.25, -0.2) is 0 Å². The molecule has 0 saturated heterocycles. The number of nitrogens with one attached hydrogen (secondary N) is 1. The van der Waals surface area contributed by atoms with Crippen LogP contribution in [0.2, 0.25) is 0 Å². The van der Waals surface area contributed by atoms with Gasteiger partial charge in [0.15, 0.2) is 0 Å². The number of nitro benzene ring substituents is 1. The van der Waals surface area contributed by atoms with Crippen molar-refractivity contribution in [3.63, 3.8) is 0 Å². The number of hydrogen-bond acceptors (Lipinski definition) is 4. The molecule has 0 aliphatic rings. The van der Waals surface area contributed by atoms with Crippen molar-refractivity contribution in [1.82, 2.24) is 4.98 Å². The van der Waals surface area contributed by atoms with E-state index in [9.17, 15) is 10.1 Å². The Labute approximate surface area is 98.3 Å². The van der Waals surface area contributed by atoms with E-state index in [0.717, 1.165) is 11.4 Å². The van der Waals surface area contributed by atoms with Gasteiger partial charge in [-0.15, -0.1) is 0 Å². The number of pyridine rings is 1. The Hall–Kier alpha value is -2.43. The molecule has 5 nitrogen and oxygen atoms in total. The summed E-state index contributed by atoms with van der Waals surface area (Å²) in [5.74, 6) is 0. The van der Waals surface area contributed by atoms with Gasteiger partial charge < -0.3 is 5.32 Å². The van der Waals surface area contributed by atoms with Crippen LogP contribution in [0.15, 0.2) is 42.6 Å². The molecule has 0 spiro atoms. The van der Waals surface area contributed by atoms with E-state index in [4.69, 9.17) is 0 Å². The maximum atomic E-state index is 10.8. The van der Waals surface area contributed by atoms with Gasteiger partial charge in [0.1, 0.15) is 5.69 Å². The molecule has 0 amide bonds. The van der Waals surface area contributed by atoms with Crippen LogP contribution in [0.1, 0.15) is 5.69 Å². The van der Waals surface area contributed by atoms with Crippen LogP contribution >= 0.6 is 0 Å². The Kier molecular flexibility index (Phi) is 3.00. The molecule has 0 atom stereocenters. The highest BCUT2D eigenvalue weighted by Gasteiger charge is 2.11. The topological polar surface area (TPSA) is 68.1 Å². The molecule has 0 radical (unpaired) electrons. The summed E-state index contributed by atoms with van der Waals surface area (Å²) in [5.41, 5.74) is 2.17. The molecule has 86 valence electrons. The molecule has 1 aromatic carbocycles. The lowest BCUT2D eigenvalue weighted by Crippen LogP contribution is -1.97. The molecular weight excluding hydrogens is 218 g/mol. The zero-order chi connectivity index (χ0) is 12.3. The Morgan fingerprint density at radius 3 is 2.76 bits per heavy atom. The van der Waals surface area contributed by atoms with Crippen molar-refractivity contribution in [2.75, 3.05) is 5.32 Å². The molecule has 0 saturated carbocycles. The molecule has 0 aliphatic carbocycles. The normalized spacial score (nSPS) is 9.94. The van der Waals surface area contributed by atoms with Crippen molar-refractivity contribution >= 4 is 17.1 Å². The largest absolute Gasteiger partial charge is 0.350 e. The highest BCUT2D eigenvalue weighted by molar-refractivity contribution is 5.69. The van der Waals surface area contributed by atoms with Crippen molar-refractivity contribution in [3.8, 4) is 0 Å². The summed E-state index contributed by atoms with van der Waals surface area (Å²) in [7, 11) is 0. The van der Waals surface area contributed by atoms with Gasteiger partial charge in [0, 0.05) is 23.6 Å². The minimum absolute atomic E-state index is 0.0574. The molecular formula is C12H11N3O2.